The highest BCUT2D eigenvalue weighted by Gasteiger charge is 2.31. The first-order valence-corrected chi connectivity index (χ1v) is 7.57. The summed E-state index contributed by atoms with van der Waals surface area (Å²) in [6.45, 7) is 5.32. The highest BCUT2D eigenvalue weighted by atomic mass is 16.5. The minimum atomic E-state index is -0.331. The third-order valence-corrected chi connectivity index (χ3v) is 4.06. The molecule has 1 atom stereocenters. The number of piperazine rings is 1. The number of carbonyl (C=O) groups excluding carboxylic acids is 2. The third kappa shape index (κ3) is 3.47. The van der Waals surface area contributed by atoms with Crippen molar-refractivity contribution in [3.63, 3.8) is 0 Å². The van der Waals surface area contributed by atoms with E-state index in [1.807, 2.05) is 0 Å². The van der Waals surface area contributed by atoms with E-state index in [-0.39, 0.29) is 35.0 Å². The zero-order valence-electron chi connectivity index (χ0n) is 13.1. The Hall–Kier alpha value is -1.89. The predicted molar refractivity (Wildman–Crippen MR) is 80.9 cm³/mol. The summed E-state index contributed by atoms with van der Waals surface area (Å²) in [5.41, 5.74) is 0.0407. The standard InChI is InChI=1S/C15H23N3O4/c1-10(19)13(11(2)20)14(16)17-5-7-18(8-6-17)15(21)12-4-3-9-22-12/h12,16,19H,3-9H2,1-2H3. The van der Waals surface area contributed by atoms with E-state index >= 15 is 0 Å². The molecule has 2 aliphatic rings. The van der Waals surface area contributed by atoms with Crippen LogP contribution in [0.4, 0.5) is 0 Å². The van der Waals surface area contributed by atoms with E-state index < -0.39 is 0 Å². The lowest BCUT2D eigenvalue weighted by Gasteiger charge is -2.37. The Labute approximate surface area is 130 Å². The number of hydrogen-bond donors (Lipinski definition) is 2. The van der Waals surface area contributed by atoms with Gasteiger partial charge >= 0.3 is 0 Å². The average Bonchev–Trinajstić information content (AvgIpc) is 3.00. The second-order valence-corrected chi connectivity index (χ2v) is 5.68. The van der Waals surface area contributed by atoms with Crippen LogP contribution in [0.15, 0.2) is 11.3 Å². The van der Waals surface area contributed by atoms with Gasteiger partial charge in [0, 0.05) is 32.8 Å². The molecule has 7 nitrogen and oxygen atoms in total. The van der Waals surface area contributed by atoms with Crippen LogP contribution in [0.1, 0.15) is 26.7 Å². The highest BCUT2D eigenvalue weighted by molar-refractivity contribution is 6.19. The van der Waals surface area contributed by atoms with Gasteiger partial charge in [-0.2, -0.15) is 0 Å². The number of aliphatic hydroxyl groups is 1. The van der Waals surface area contributed by atoms with Gasteiger partial charge in [0.1, 0.15) is 17.7 Å². The quantitative estimate of drug-likeness (QED) is 0.346. The molecule has 2 aliphatic heterocycles. The summed E-state index contributed by atoms with van der Waals surface area (Å²) in [5.74, 6) is -0.431. The number of rotatable bonds is 3. The number of Topliss-reactive ketones (excluding diaryl/α,β-unsaturated/α-hetero) is 1. The number of nitrogens with one attached hydrogen (secondary N) is 1. The van der Waals surface area contributed by atoms with Crippen LogP contribution in [-0.2, 0) is 14.3 Å². The Kier molecular flexibility index (Phi) is 5.18. The molecule has 122 valence electrons. The fourth-order valence-corrected chi connectivity index (χ4v) is 2.88. The molecule has 0 aromatic heterocycles. The number of amidine groups is 1. The zero-order chi connectivity index (χ0) is 16.3. The maximum Gasteiger partial charge on any atom is 0.251 e. The summed E-state index contributed by atoms with van der Waals surface area (Å²) in [6, 6.07) is 0. The number of ketones is 1. The van der Waals surface area contributed by atoms with E-state index in [0.717, 1.165) is 12.8 Å². The fraction of sp³-hybridized carbons (Fsp3) is 0.667. The van der Waals surface area contributed by atoms with Gasteiger partial charge in [-0.05, 0) is 26.7 Å². The predicted octanol–water partition coefficient (Wildman–Crippen LogP) is 0.708. The molecule has 7 heteroatoms. The van der Waals surface area contributed by atoms with Crippen molar-refractivity contribution in [2.75, 3.05) is 32.8 Å². The van der Waals surface area contributed by atoms with Crippen molar-refractivity contribution in [1.29, 1.82) is 5.41 Å². The SMILES string of the molecule is CC(=O)C(C(=N)N1CCN(C(=O)C2CCCO2)CC1)=C(C)O. The molecule has 2 N–H and O–H groups in total. The molecule has 0 aromatic rings. The van der Waals surface area contributed by atoms with Crippen LogP contribution in [0.2, 0.25) is 0 Å². The largest absolute Gasteiger partial charge is 0.512 e. The first-order chi connectivity index (χ1) is 10.4. The molecule has 0 radical (unpaired) electrons. The lowest BCUT2D eigenvalue weighted by atomic mass is 10.1. The number of ether oxygens (including phenoxy) is 1. The highest BCUT2D eigenvalue weighted by Crippen LogP contribution is 2.17. The Morgan fingerprint density at radius 2 is 1.73 bits per heavy atom. The van der Waals surface area contributed by atoms with Crippen molar-refractivity contribution in [2.45, 2.75) is 32.8 Å². The van der Waals surface area contributed by atoms with Crippen LogP contribution >= 0.6 is 0 Å². The van der Waals surface area contributed by atoms with E-state index in [1.54, 1.807) is 9.80 Å². The molecular formula is C15H23N3O4. The third-order valence-electron chi connectivity index (χ3n) is 4.06. The maximum atomic E-state index is 12.3. The minimum Gasteiger partial charge on any atom is -0.512 e. The van der Waals surface area contributed by atoms with Gasteiger partial charge in [-0.1, -0.05) is 0 Å². The van der Waals surface area contributed by atoms with Gasteiger partial charge in [0.2, 0.25) is 0 Å². The molecule has 2 saturated heterocycles. The van der Waals surface area contributed by atoms with Crippen molar-refractivity contribution in [3.05, 3.63) is 11.3 Å². The number of carbonyl (C=O) groups is 2. The number of nitrogens with zero attached hydrogens (tertiary/aromatic N) is 2. The Bertz CT molecular complexity index is 497. The molecule has 2 heterocycles. The van der Waals surface area contributed by atoms with Crippen LogP contribution in [0, 0.1) is 5.41 Å². The van der Waals surface area contributed by atoms with Crippen molar-refractivity contribution in [3.8, 4) is 0 Å². The van der Waals surface area contributed by atoms with Gasteiger partial charge < -0.3 is 19.6 Å². The van der Waals surface area contributed by atoms with Crippen LogP contribution in [-0.4, -0.2) is 71.3 Å². The number of allylic oxidation sites excluding steroid dienone is 1. The normalized spacial score (nSPS) is 23.3. The minimum absolute atomic E-state index is 0.0179. The first kappa shape index (κ1) is 16.5. The topological polar surface area (TPSA) is 93.9 Å². The van der Waals surface area contributed by atoms with E-state index in [0.29, 0.717) is 32.8 Å². The molecule has 0 aromatic carbocycles. The zero-order valence-corrected chi connectivity index (χ0v) is 13.1. The summed E-state index contributed by atoms with van der Waals surface area (Å²) in [4.78, 5) is 27.3. The van der Waals surface area contributed by atoms with Crippen LogP contribution < -0.4 is 0 Å². The van der Waals surface area contributed by atoms with E-state index in [2.05, 4.69) is 0 Å². The van der Waals surface area contributed by atoms with Gasteiger partial charge in [0.15, 0.2) is 5.78 Å². The number of amides is 1. The Morgan fingerprint density at radius 1 is 1.14 bits per heavy atom. The lowest BCUT2D eigenvalue weighted by Crippen LogP contribution is -2.53. The van der Waals surface area contributed by atoms with Crippen LogP contribution in [0.5, 0.6) is 0 Å². The fourth-order valence-electron chi connectivity index (χ4n) is 2.88. The first-order valence-electron chi connectivity index (χ1n) is 7.57. The van der Waals surface area contributed by atoms with Crippen LogP contribution in [0.3, 0.4) is 0 Å². The molecule has 0 spiro atoms. The molecule has 1 unspecified atom stereocenters. The lowest BCUT2D eigenvalue weighted by molar-refractivity contribution is -0.142. The number of hydrogen-bond acceptors (Lipinski definition) is 5. The summed E-state index contributed by atoms with van der Waals surface area (Å²) >= 11 is 0. The molecule has 0 aliphatic carbocycles. The molecule has 2 fully saturated rings. The summed E-state index contributed by atoms with van der Waals surface area (Å²) < 4.78 is 5.41. The second kappa shape index (κ2) is 6.91. The van der Waals surface area contributed by atoms with Crippen molar-refractivity contribution >= 4 is 17.5 Å². The average molecular weight is 309 g/mol. The molecule has 1 amide bonds. The van der Waals surface area contributed by atoms with Crippen molar-refractivity contribution in [1.82, 2.24) is 9.80 Å². The van der Waals surface area contributed by atoms with E-state index in [1.165, 1.54) is 13.8 Å². The molecule has 0 bridgehead atoms. The van der Waals surface area contributed by atoms with E-state index in [9.17, 15) is 14.7 Å². The number of aliphatic hydroxyl groups excluding tert-OH is 1. The summed E-state index contributed by atoms with van der Waals surface area (Å²) in [7, 11) is 0. The van der Waals surface area contributed by atoms with Crippen molar-refractivity contribution in [2.24, 2.45) is 0 Å². The maximum absolute atomic E-state index is 12.3. The van der Waals surface area contributed by atoms with E-state index in [4.69, 9.17) is 10.1 Å². The molecule has 2 rings (SSSR count). The Balaban J connectivity index is 1.94. The van der Waals surface area contributed by atoms with Gasteiger partial charge in [-0.25, -0.2) is 0 Å². The monoisotopic (exact) mass is 309 g/mol. The molecule has 22 heavy (non-hydrogen) atoms. The summed E-state index contributed by atoms with van der Waals surface area (Å²) in [5, 5.41) is 17.7. The second-order valence-electron chi connectivity index (χ2n) is 5.68. The van der Waals surface area contributed by atoms with Gasteiger partial charge in [-0.15, -0.1) is 0 Å². The van der Waals surface area contributed by atoms with Gasteiger partial charge in [0.05, 0.1) is 5.57 Å². The Morgan fingerprint density at radius 3 is 2.18 bits per heavy atom. The molecule has 0 saturated carbocycles. The summed E-state index contributed by atoms with van der Waals surface area (Å²) in [6.07, 6.45) is 1.37. The van der Waals surface area contributed by atoms with Gasteiger partial charge in [0.25, 0.3) is 5.91 Å². The smallest absolute Gasteiger partial charge is 0.251 e. The van der Waals surface area contributed by atoms with Crippen LogP contribution in [0.25, 0.3) is 0 Å². The van der Waals surface area contributed by atoms with Gasteiger partial charge in [-0.3, -0.25) is 15.0 Å². The molecular weight excluding hydrogens is 286 g/mol. The van der Waals surface area contributed by atoms with Crippen molar-refractivity contribution < 1.29 is 19.4 Å².